The van der Waals surface area contributed by atoms with Crippen LogP contribution < -0.4 is 5.32 Å². The van der Waals surface area contributed by atoms with Crippen LogP contribution in [0.3, 0.4) is 0 Å². The summed E-state index contributed by atoms with van der Waals surface area (Å²) in [5.74, 6) is 1.36. The van der Waals surface area contributed by atoms with Crippen LogP contribution in [0.2, 0.25) is 0 Å². The first-order valence-corrected chi connectivity index (χ1v) is 10.4. The van der Waals surface area contributed by atoms with Gasteiger partial charge in [-0.25, -0.2) is 4.99 Å². The van der Waals surface area contributed by atoms with Gasteiger partial charge in [-0.05, 0) is 33.6 Å². The third-order valence-electron chi connectivity index (χ3n) is 5.85. The molecule has 0 radical (unpaired) electrons. The normalized spacial score (nSPS) is 19.2. The number of rotatable bonds is 4. The van der Waals surface area contributed by atoms with Crippen molar-refractivity contribution in [3.8, 4) is 0 Å². The molecule has 1 aromatic rings. The molecule has 3 heterocycles. The molecule has 2 aliphatic rings. The maximum atomic E-state index is 12.7. The maximum Gasteiger partial charge on any atom is 0.225 e. The number of nitrogens with one attached hydrogen (secondary N) is 1. The Kier molecular flexibility index (Phi) is 6.93. The fourth-order valence-corrected chi connectivity index (χ4v) is 4.01. The Morgan fingerprint density at radius 1 is 1.18 bits per heavy atom. The average Bonchev–Trinajstić information content (AvgIpc) is 2.97. The lowest BCUT2D eigenvalue weighted by atomic mass is 9.95. The molecule has 2 aliphatic heterocycles. The van der Waals surface area contributed by atoms with E-state index >= 15 is 0 Å². The van der Waals surface area contributed by atoms with E-state index in [0.717, 1.165) is 62.9 Å². The van der Waals surface area contributed by atoms with Crippen molar-refractivity contribution < 1.29 is 9.53 Å². The van der Waals surface area contributed by atoms with E-state index in [1.807, 2.05) is 23.6 Å². The Bertz CT molecular complexity index is 700. The first-order chi connectivity index (χ1) is 13.5. The van der Waals surface area contributed by atoms with Crippen LogP contribution in [0.1, 0.15) is 36.7 Å². The number of amides is 1. The van der Waals surface area contributed by atoms with Crippen LogP contribution in [0.5, 0.6) is 0 Å². The molecule has 0 unspecified atom stereocenters. The van der Waals surface area contributed by atoms with E-state index in [1.54, 1.807) is 0 Å². The molecule has 8 nitrogen and oxygen atoms in total. The quantitative estimate of drug-likeness (QED) is 0.615. The fourth-order valence-electron chi connectivity index (χ4n) is 4.01. The van der Waals surface area contributed by atoms with Crippen molar-refractivity contribution in [3.05, 3.63) is 17.0 Å². The van der Waals surface area contributed by atoms with Crippen LogP contribution in [0, 0.1) is 19.8 Å². The van der Waals surface area contributed by atoms with Crippen molar-refractivity contribution in [2.45, 2.75) is 40.2 Å². The van der Waals surface area contributed by atoms with Gasteiger partial charge in [-0.3, -0.25) is 9.48 Å². The Balaban J connectivity index is 1.60. The zero-order valence-corrected chi connectivity index (χ0v) is 17.7. The average molecular weight is 391 g/mol. The van der Waals surface area contributed by atoms with Crippen LogP contribution in [-0.4, -0.2) is 77.4 Å². The van der Waals surface area contributed by atoms with Gasteiger partial charge in [-0.1, -0.05) is 0 Å². The standard InChI is InChI=1S/C20H34N6O2/c1-5-21-20(22-14-18-15(2)23-24(4)16(18)3)26-8-6-17(7-9-26)19(27)25-10-12-28-13-11-25/h17H,5-14H2,1-4H3,(H,21,22). The topological polar surface area (TPSA) is 75.0 Å². The Hall–Kier alpha value is -2.09. The number of aliphatic imine (C=N–C) groups is 1. The predicted molar refractivity (Wildman–Crippen MR) is 109 cm³/mol. The minimum absolute atomic E-state index is 0.125. The summed E-state index contributed by atoms with van der Waals surface area (Å²) >= 11 is 0. The highest BCUT2D eigenvalue weighted by Crippen LogP contribution is 2.21. The molecule has 0 saturated carbocycles. The number of morpholine rings is 1. The number of likely N-dealkylation sites (tertiary alicyclic amines) is 1. The minimum atomic E-state index is 0.125. The van der Waals surface area contributed by atoms with Gasteiger partial charge in [-0.2, -0.15) is 5.10 Å². The molecule has 0 atom stereocenters. The number of aromatic nitrogens is 2. The maximum absolute atomic E-state index is 12.7. The number of carbonyl (C=O) groups excluding carboxylic acids is 1. The van der Waals surface area contributed by atoms with Crippen molar-refractivity contribution in [3.63, 3.8) is 0 Å². The van der Waals surface area contributed by atoms with Crippen LogP contribution >= 0.6 is 0 Å². The number of hydrogen-bond donors (Lipinski definition) is 1. The van der Waals surface area contributed by atoms with Crippen molar-refractivity contribution >= 4 is 11.9 Å². The zero-order chi connectivity index (χ0) is 20.1. The summed E-state index contributed by atoms with van der Waals surface area (Å²) < 4.78 is 7.27. The lowest BCUT2D eigenvalue weighted by molar-refractivity contribution is -0.140. The summed E-state index contributed by atoms with van der Waals surface area (Å²) in [6.45, 7) is 12.2. The van der Waals surface area contributed by atoms with E-state index in [-0.39, 0.29) is 5.92 Å². The molecular formula is C20H34N6O2. The van der Waals surface area contributed by atoms with Gasteiger partial charge >= 0.3 is 0 Å². The van der Waals surface area contributed by atoms with E-state index in [4.69, 9.17) is 9.73 Å². The molecule has 0 bridgehead atoms. The molecule has 2 saturated heterocycles. The van der Waals surface area contributed by atoms with E-state index in [1.165, 1.54) is 5.56 Å². The highest BCUT2D eigenvalue weighted by molar-refractivity contribution is 5.82. The van der Waals surface area contributed by atoms with Gasteiger partial charge < -0.3 is 19.9 Å². The summed E-state index contributed by atoms with van der Waals surface area (Å²) in [6, 6.07) is 0. The number of ether oxygens (including phenoxy) is 1. The molecule has 0 spiro atoms. The molecule has 1 N–H and O–H groups in total. The highest BCUT2D eigenvalue weighted by atomic mass is 16.5. The second-order valence-electron chi connectivity index (χ2n) is 7.64. The fraction of sp³-hybridized carbons (Fsp3) is 0.750. The largest absolute Gasteiger partial charge is 0.378 e. The van der Waals surface area contributed by atoms with Gasteiger partial charge in [0.2, 0.25) is 5.91 Å². The van der Waals surface area contributed by atoms with E-state index in [0.29, 0.717) is 25.7 Å². The van der Waals surface area contributed by atoms with Gasteiger partial charge in [-0.15, -0.1) is 0 Å². The van der Waals surface area contributed by atoms with Crippen molar-refractivity contribution in [2.75, 3.05) is 45.9 Å². The van der Waals surface area contributed by atoms with Crippen LogP contribution in [0.4, 0.5) is 0 Å². The molecular weight excluding hydrogens is 356 g/mol. The smallest absolute Gasteiger partial charge is 0.225 e. The number of guanidine groups is 1. The number of hydrogen-bond acceptors (Lipinski definition) is 4. The zero-order valence-electron chi connectivity index (χ0n) is 17.7. The molecule has 1 aromatic heterocycles. The third kappa shape index (κ3) is 4.66. The summed E-state index contributed by atoms with van der Waals surface area (Å²) in [7, 11) is 1.97. The van der Waals surface area contributed by atoms with Gasteiger partial charge in [0.1, 0.15) is 0 Å². The summed E-state index contributed by atoms with van der Waals surface area (Å²) in [4.78, 5) is 21.9. The number of carbonyl (C=O) groups is 1. The van der Waals surface area contributed by atoms with Gasteiger partial charge in [0.15, 0.2) is 5.96 Å². The summed E-state index contributed by atoms with van der Waals surface area (Å²) in [6.07, 6.45) is 1.76. The van der Waals surface area contributed by atoms with Gasteiger partial charge in [0.05, 0.1) is 25.5 Å². The molecule has 8 heteroatoms. The van der Waals surface area contributed by atoms with Crippen LogP contribution in [0.15, 0.2) is 4.99 Å². The van der Waals surface area contributed by atoms with E-state index in [9.17, 15) is 4.79 Å². The van der Waals surface area contributed by atoms with Crippen molar-refractivity contribution in [1.29, 1.82) is 0 Å². The highest BCUT2D eigenvalue weighted by Gasteiger charge is 2.30. The monoisotopic (exact) mass is 390 g/mol. The Morgan fingerprint density at radius 2 is 1.86 bits per heavy atom. The molecule has 3 rings (SSSR count). The molecule has 1 amide bonds. The lowest BCUT2D eigenvalue weighted by Gasteiger charge is -2.36. The molecule has 156 valence electrons. The third-order valence-corrected chi connectivity index (χ3v) is 5.85. The first-order valence-electron chi connectivity index (χ1n) is 10.4. The minimum Gasteiger partial charge on any atom is -0.378 e. The molecule has 0 aromatic carbocycles. The summed E-state index contributed by atoms with van der Waals surface area (Å²) in [5, 5.41) is 7.90. The first kappa shape index (κ1) is 20.6. The Morgan fingerprint density at radius 3 is 2.43 bits per heavy atom. The van der Waals surface area contributed by atoms with Crippen molar-refractivity contribution in [2.24, 2.45) is 18.0 Å². The Labute approximate surface area is 167 Å². The number of nitrogens with zero attached hydrogens (tertiary/aromatic N) is 5. The molecule has 2 fully saturated rings. The number of aryl methyl sites for hydroxylation is 2. The molecule has 0 aliphatic carbocycles. The predicted octanol–water partition coefficient (Wildman–Crippen LogP) is 1.07. The van der Waals surface area contributed by atoms with Gasteiger partial charge in [0, 0.05) is 56.9 Å². The SMILES string of the molecule is CCNC(=NCc1c(C)nn(C)c1C)N1CCC(C(=O)N2CCOCC2)CC1. The molecule has 28 heavy (non-hydrogen) atoms. The number of piperidine rings is 1. The second-order valence-corrected chi connectivity index (χ2v) is 7.64. The van der Waals surface area contributed by atoms with Crippen LogP contribution in [-0.2, 0) is 23.1 Å². The second kappa shape index (κ2) is 9.41. The van der Waals surface area contributed by atoms with E-state index in [2.05, 4.69) is 29.2 Å². The lowest BCUT2D eigenvalue weighted by Crippen LogP contribution is -2.50. The van der Waals surface area contributed by atoms with Crippen LogP contribution in [0.25, 0.3) is 0 Å². The summed E-state index contributed by atoms with van der Waals surface area (Å²) in [5.41, 5.74) is 3.39. The van der Waals surface area contributed by atoms with Gasteiger partial charge in [0.25, 0.3) is 0 Å². The van der Waals surface area contributed by atoms with Crippen molar-refractivity contribution in [1.82, 2.24) is 24.9 Å². The van der Waals surface area contributed by atoms with E-state index < -0.39 is 0 Å².